The number of rotatable bonds is 6. The predicted octanol–water partition coefficient (Wildman–Crippen LogP) is 3.79. The van der Waals surface area contributed by atoms with E-state index in [2.05, 4.69) is 15.3 Å². The first-order valence-electron chi connectivity index (χ1n) is 9.35. The van der Waals surface area contributed by atoms with Crippen LogP contribution >= 0.6 is 0 Å². The summed E-state index contributed by atoms with van der Waals surface area (Å²) in [5.41, 5.74) is 2.18. The van der Waals surface area contributed by atoms with Crippen LogP contribution in [0.15, 0.2) is 24.5 Å². The number of halogens is 3. The Morgan fingerprint density at radius 3 is 2.70 bits per heavy atom. The molecule has 2 aromatic heterocycles. The van der Waals surface area contributed by atoms with Crippen molar-refractivity contribution in [1.82, 2.24) is 14.9 Å². The van der Waals surface area contributed by atoms with Crippen LogP contribution in [0.3, 0.4) is 0 Å². The summed E-state index contributed by atoms with van der Waals surface area (Å²) in [5.74, 6) is -0.174. The Kier molecular flexibility index (Phi) is 5.95. The van der Waals surface area contributed by atoms with Gasteiger partial charge in [-0.3, -0.25) is 9.59 Å². The average molecular weight is 422 g/mol. The molecule has 0 saturated heterocycles. The second kappa shape index (κ2) is 8.29. The van der Waals surface area contributed by atoms with Gasteiger partial charge >= 0.3 is 6.18 Å². The quantitative estimate of drug-likeness (QED) is 0.766. The minimum absolute atomic E-state index is 0.103. The second-order valence-electron chi connectivity index (χ2n) is 7.00. The zero-order valence-electron chi connectivity index (χ0n) is 16.7. The highest BCUT2D eigenvalue weighted by atomic mass is 19.4. The summed E-state index contributed by atoms with van der Waals surface area (Å²) in [6.07, 6.45) is -1.31. The molecular formula is C20H21F3N4O3. The highest BCUT2D eigenvalue weighted by molar-refractivity contribution is 6.02. The standard InChI is InChI=1S/C20H21F3N4O3/c1-4-15(28)26-17-16-12(3)27(19(29)14(16)5-6-24-17)9-13-7-11(2)18(25-8-13)30-10-20(21,22)23/h5-8,12H,4,9-10H2,1-3H3,(H,24,26,28). The number of carbonyl (C=O) groups excluding carboxylic acids is 2. The third-order valence-electron chi connectivity index (χ3n) is 4.76. The van der Waals surface area contributed by atoms with Gasteiger partial charge in [-0.1, -0.05) is 6.92 Å². The molecule has 1 aliphatic heterocycles. The molecule has 1 aliphatic rings. The van der Waals surface area contributed by atoms with E-state index in [0.717, 1.165) is 0 Å². The van der Waals surface area contributed by atoms with Crippen molar-refractivity contribution >= 4 is 17.6 Å². The van der Waals surface area contributed by atoms with Crippen molar-refractivity contribution in [3.63, 3.8) is 0 Å². The van der Waals surface area contributed by atoms with E-state index in [-0.39, 0.29) is 36.7 Å². The lowest BCUT2D eigenvalue weighted by molar-refractivity contribution is -0.154. The molecule has 1 N–H and O–H groups in total. The van der Waals surface area contributed by atoms with Gasteiger partial charge in [-0.25, -0.2) is 9.97 Å². The topological polar surface area (TPSA) is 84.4 Å². The third kappa shape index (κ3) is 4.52. The molecule has 0 aromatic carbocycles. The summed E-state index contributed by atoms with van der Waals surface area (Å²) >= 11 is 0. The molecule has 0 bridgehead atoms. The number of fused-ring (bicyclic) bond motifs is 1. The number of nitrogens with zero attached hydrogens (tertiary/aromatic N) is 3. The normalized spacial score (nSPS) is 15.9. The van der Waals surface area contributed by atoms with Gasteiger partial charge in [0.1, 0.15) is 5.82 Å². The Balaban J connectivity index is 1.79. The van der Waals surface area contributed by atoms with Gasteiger partial charge in [-0.2, -0.15) is 13.2 Å². The van der Waals surface area contributed by atoms with Crippen molar-refractivity contribution in [1.29, 1.82) is 0 Å². The summed E-state index contributed by atoms with van der Waals surface area (Å²) in [5, 5.41) is 2.72. The maximum Gasteiger partial charge on any atom is 0.422 e. The molecule has 7 nitrogen and oxygen atoms in total. The van der Waals surface area contributed by atoms with E-state index in [0.29, 0.717) is 28.1 Å². The lowest BCUT2D eigenvalue weighted by Crippen LogP contribution is -2.26. The smallest absolute Gasteiger partial charge is 0.422 e. The number of alkyl halides is 3. The molecule has 1 unspecified atom stereocenters. The maximum atomic E-state index is 12.9. The van der Waals surface area contributed by atoms with Crippen LogP contribution in [-0.2, 0) is 11.3 Å². The summed E-state index contributed by atoms with van der Waals surface area (Å²) in [6.45, 7) is 3.92. The van der Waals surface area contributed by atoms with E-state index in [1.165, 1.54) is 12.4 Å². The van der Waals surface area contributed by atoms with Crippen molar-refractivity contribution in [2.45, 2.75) is 46.0 Å². The number of hydrogen-bond donors (Lipinski definition) is 1. The lowest BCUT2D eigenvalue weighted by atomic mass is 10.1. The maximum absolute atomic E-state index is 12.9. The second-order valence-corrected chi connectivity index (χ2v) is 7.00. The van der Waals surface area contributed by atoms with Gasteiger partial charge in [-0.15, -0.1) is 0 Å². The molecule has 160 valence electrons. The van der Waals surface area contributed by atoms with Gasteiger partial charge in [0.25, 0.3) is 5.91 Å². The fraction of sp³-hybridized carbons (Fsp3) is 0.400. The van der Waals surface area contributed by atoms with Gasteiger partial charge in [0.2, 0.25) is 11.8 Å². The first kappa shape index (κ1) is 21.5. The van der Waals surface area contributed by atoms with E-state index in [9.17, 15) is 22.8 Å². The monoisotopic (exact) mass is 422 g/mol. The highest BCUT2D eigenvalue weighted by Crippen LogP contribution is 2.38. The van der Waals surface area contributed by atoms with Crippen LogP contribution in [0, 0.1) is 6.92 Å². The Hall–Kier alpha value is -3.17. The number of amides is 2. The Morgan fingerprint density at radius 1 is 1.33 bits per heavy atom. The number of anilines is 1. The van der Waals surface area contributed by atoms with Gasteiger partial charge in [0, 0.05) is 36.5 Å². The van der Waals surface area contributed by atoms with Crippen molar-refractivity contribution in [2.75, 3.05) is 11.9 Å². The summed E-state index contributed by atoms with van der Waals surface area (Å²) in [4.78, 5) is 34.4. The first-order chi connectivity index (χ1) is 14.1. The van der Waals surface area contributed by atoms with Gasteiger partial charge in [-0.05, 0) is 31.5 Å². The Bertz CT molecular complexity index is 978. The molecule has 1 atom stereocenters. The molecule has 30 heavy (non-hydrogen) atoms. The number of nitrogens with one attached hydrogen (secondary N) is 1. The lowest BCUT2D eigenvalue weighted by Gasteiger charge is -2.23. The van der Waals surface area contributed by atoms with Crippen molar-refractivity contribution in [2.24, 2.45) is 0 Å². The Labute approximate surface area is 171 Å². The number of aryl methyl sites for hydroxylation is 1. The molecule has 2 aromatic rings. The van der Waals surface area contributed by atoms with Gasteiger partial charge in [0.15, 0.2) is 6.61 Å². The van der Waals surface area contributed by atoms with E-state index in [1.54, 1.807) is 30.9 Å². The molecule has 2 amide bonds. The van der Waals surface area contributed by atoms with Crippen LogP contribution in [0.2, 0.25) is 0 Å². The minimum atomic E-state index is -4.45. The fourth-order valence-corrected chi connectivity index (χ4v) is 3.30. The van der Waals surface area contributed by atoms with Crippen LogP contribution < -0.4 is 10.1 Å². The molecular weight excluding hydrogens is 401 g/mol. The zero-order valence-corrected chi connectivity index (χ0v) is 16.7. The summed E-state index contributed by atoms with van der Waals surface area (Å²) < 4.78 is 41.8. The number of aromatic nitrogens is 2. The molecule has 0 spiro atoms. The molecule has 3 rings (SSSR count). The van der Waals surface area contributed by atoms with Crippen LogP contribution in [0.4, 0.5) is 19.0 Å². The number of hydrogen-bond acceptors (Lipinski definition) is 5. The van der Waals surface area contributed by atoms with Crippen molar-refractivity contribution in [3.05, 3.63) is 46.8 Å². The van der Waals surface area contributed by atoms with E-state index >= 15 is 0 Å². The molecule has 0 radical (unpaired) electrons. The highest BCUT2D eigenvalue weighted by Gasteiger charge is 2.36. The molecule has 3 heterocycles. The van der Waals surface area contributed by atoms with E-state index in [1.807, 2.05) is 6.92 Å². The van der Waals surface area contributed by atoms with Crippen LogP contribution in [-0.4, -0.2) is 39.5 Å². The Morgan fingerprint density at radius 2 is 2.07 bits per heavy atom. The SMILES string of the molecule is CCC(=O)Nc1nccc2c1C(C)N(Cc1cnc(OCC(F)(F)F)c(C)c1)C2=O. The first-order valence-corrected chi connectivity index (χ1v) is 9.35. The minimum Gasteiger partial charge on any atom is -0.468 e. The van der Waals surface area contributed by atoms with Gasteiger partial charge in [0.05, 0.1) is 11.6 Å². The number of ether oxygens (including phenoxy) is 1. The largest absolute Gasteiger partial charge is 0.468 e. The molecule has 0 fully saturated rings. The summed E-state index contributed by atoms with van der Waals surface area (Å²) in [7, 11) is 0. The van der Waals surface area contributed by atoms with Crippen LogP contribution in [0.25, 0.3) is 0 Å². The van der Waals surface area contributed by atoms with Crippen LogP contribution in [0.5, 0.6) is 5.88 Å². The third-order valence-corrected chi connectivity index (χ3v) is 4.76. The van der Waals surface area contributed by atoms with E-state index < -0.39 is 12.8 Å². The molecule has 0 aliphatic carbocycles. The average Bonchev–Trinajstić information content (AvgIpc) is 2.92. The van der Waals surface area contributed by atoms with E-state index in [4.69, 9.17) is 4.74 Å². The van der Waals surface area contributed by atoms with Crippen molar-refractivity contribution < 1.29 is 27.5 Å². The fourth-order valence-electron chi connectivity index (χ4n) is 3.30. The molecule has 10 heteroatoms. The van der Waals surface area contributed by atoms with Gasteiger partial charge < -0.3 is 15.0 Å². The zero-order chi connectivity index (χ0) is 22.1. The van der Waals surface area contributed by atoms with Crippen LogP contribution in [0.1, 0.15) is 53.4 Å². The number of carbonyl (C=O) groups is 2. The predicted molar refractivity (Wildman–Crippen MR) is 102 cm³/mol. The molecule has 0 saturated carbocycles. The number of pyridine rings is 2. The summed E-state index contributed by atoms with van der Waals surface area (Å²) in [6, 6.07) is 2.89. The van der Waals surface area contributed by atoms with Crippen molar-refractivity contribution in [3.8, 4) is 5.88 Å².